The largest absolute Gasteiger partial charge is 0.293 e. The molecule has 0 aliphatic heterocycles. The number of benzene rings is 2. The molecule has 22 heavy (non-hydrogen) atoms. The SMILES string of the molecule is O=C1c2ccccc2CC[C@H]1c1cc(Cl)c([N+](=O)[O-])cc1Cl. The Hall–Kier alpha value is -1.91. The molecule has 2 aromatic rings. The molecule has 4 nitrogen and oxygen atoms in total. The van der Waals surface area contributed by atoms with Gasteiger partial charge in [0.05, 0.1) is 9.95 Å². The van der Waals surface area contributed by atoms with E-state index in [-0.39, 0.29) is 21.5 Å². The van der Waals surface area contributed by atoms with Gasteiger partial charge in [0.1, 0.15) is 5.02 Å². The normalized spacial score (nSPS) is 17.2. The van der Waals surface area contributed by atoms with Crippen molar-refractivity contribution < 1.29 is 9.72 Å². The number of halogens is 2. The monoisotopic (exact) mass is 335 g/mol. The Balaban J connectivity index is 2.04. The summed E-state index contributed by atoms with van der Waals surface area (Å²) in [6, 6.07) is 10.1. The molecule has 112 valence electrons. The first-order valence-electron chi connectivity index (χ1n) is 6.74. The third kappa shape index (κ3) is 2.49. The molecule has 0 aromatic heterocycles. The van der Waals surface area contributed by atoms with Crippen LogP contribution in [0.5, 0.6) is 0 Å². The summed E-state index contributed by atoms with van der Waals surface area (Å²) in [5, 5.41) is 11.1. The van der Waals surface area contributed by atoms with E-state index < -0.39 is 10.8 Å². The zero-order valence-corrected chi connectivity index (χ0v) is 12.9. The van der Waals surface area contributed by atoms with Crippen LogP contribution in [-0.2, 0) is 6.42 Å². The summed E-state index contributed by atoms with van der Waals surface area (Å²) in [6.07, 6.45) is 1.38. The van der Waals surface area contributed by atoms with Gasteiger partial charge in [-0.15, -0.1) is 0 Å². The van der Waals surface area contributed by atoms with Crippen LogP contribution < -0.4 is 0 Å². The Kier molecular flexibility index (Phi) is 3.89. The van der Waals surface area contributed by atoms with E-state index in [0.29, 0.717) is 17.5 Å². The van der Waals surface area contributed by atoms with Gasteiger partial charge >= 0.3 is 0 Å². The van der Waals surface area contributed by atoms with Crippen LogP contribution in [0.4, 0.5) is 5.69 Å². The molecule has 0 N–H and O–H groups in total. The average Bonchev–Trinajstić information content (AvgIpc) is 2.50. The van der Waals surface area contributed by atoms with E-state index in [4.69, 9.17) is 23.2 Å². The molecule has 0 spiro atoms. The van der Waals surface area contributed by atoms with Gasteiger partial charge in [-0.1, -0.05) is 47.5 Å². The minimum Gasteiger partial charge on any atom is -0.293 e. The van der Waals surface area contributed by atoms with Gasteiger partial charge in [0.15, 0.2) is 5.78 Å². The van der Waals surface area contributed by atoms with Gasteiger partial charge < -0.3 is 0 Å². The maximum absolute atomic E-state index is 12.7. The molecule has 0 radical (unpaired) electrons. The molecular formula is C16H11Cl2NO3. The molecule has 0 heterocycles. The van der Waals surface area contributed by atoms with Gasteiger partial charge in [-0.3, -0.25) is 14.9 Å². The second kappa shape index (κ2) is 5.71. The Morgan fingerprint density at radius 1 is 1.14 bits per heavy atom. The summed E-state index contributed by atoms with van der Waals surface area (Å²) < 4.78 is 0. The van der Waals surface area contributed by atoms with Crippen LogP contribution in [-0.4, -0.2) is 10.7 Å². The number of aryl methyl sites for hydroxylation is 1. The van der Waals surface area contributed by atoms with E-state index in [2.05, 4.69) is 0 Å². The minimum atomic E-state index is -0.587. The highest BCUT2D eigenvalue weighted by Crippen LogP contribution is 2.39. The summed E-state index contributed by atoms with van der Waals surface area (Å²) >= 11 is 12.1. The highest BCUT2D eigenvalue weighted by atomic mass is 35.5. The first-order chi connectivity index (χ1) is 10.5. The van der Waals surface area contributed by atoms with Crippen LogP contribution in [0, 0.1) is 10.1 Å². The van der Waals surface area contributed by atoms with Crippen molar-refractivity contribution in [3.05, 3.63) is 73.2 Å². The first-order valence-corrected chi connectivity index (χ1v) is 7.50. The Morgan fingerprint density at radius 2 is 1.86 bits per heavy atom. The van der Waals surface area contributed by atoms with E-state index in [0.717, 1.165) is 12.0 Å². The number of hydrogen-bond acceptors (Lipinski definition) is 3. The van der Waals surface area contributed by atoms with Crippen molar-refractivity contribution >= 4 is 34.7 Å². The summed E-state index contributed by atoms with van der Waals surface area (Å²) in [7, 11) is 0. The van der Waals surface area contributed by atoms with E-state index in [1.54, 1.807) is 6.07 Å². The number of nitro benzene ring substituents is 1. The Bertz CT molecular complexity index is 789. The number of ketones is 1. The fourth-order valence-electron chi connectivity index (χ4n) is 2.85. The molecule has 0 fully saturated rings. The van der Waals surface area contributed by atoms with Gasteiger partial charge in [-0.05, 0) is 30.0 Å². The van der Waals surface area contributed by atoms with E-state index in [1.807, 2.05) is 18.2 Å². The fraction of sp³-hybridized carbons (Fsp3) is 0.188. The molecule has 2 aromatic carbocycles. The molecule has 0 amide bonds. The van der Waals surface area contributed by atoms with Crippen molar-refractivity contribution in [3.8, 4) is 0 Å². The molecule has 0 saturated heterocycles. The maximum Gasteiger partial charge on any atom is 0.289 e. The lowest BCUT2D eigenvalue weighted by Crippen LogP contribution is -2.21. The third-order valence-corrected chi connectivity index (χ3v) is 4.57. The molecule has 1 atom stereocenters. The smallest absolute Gasteiger partial charge is 0.289 e. The molecule has 1 aliphatic carbocycles. The number of carbonyl (C=O) groups excluding carboxylic acids is 1. The van der Waals surface area contributed by atoms with Crippen LogP contribution in [0.25, 0.3) is 0 Å². The summed E-state index contributed by atoms with van der Waals surface area (Å²) in [4.78, 5) is 23.0. The predicted octanol–water partition coefficient (Wildman–Crippen LogP) is 4.81. The van der Waals surface area contributed by atoms with Crippen molar-refractivity contribution in [2.75, 3.05) is 0 Å². The van der Waals surface area contributed by atoms with Crippen molar-refractivity contribution in [1.82, 2.24) is 0 Å². The van der Waals surface area contributed by atoms with Crippen LogP contribution in [0.1, 0.15) is 33.8 Å². The molecule has 0 unspecified atom stereocenters. The summed E-state index contributed by atoms with van der Waals surface area (Å²) in [5.41, 5.74) is 2.01. The van der Waals surface area contributed by atoms with E-state index in [1.165, 1.54) is 12.1 Å². The number of hydrogen-bond donors (Lipinski definition) is 0. The number of carbonyl (C=O) groups is 1. The van der Waals surface area contributed by atoms with Crippen LogP contribution in [0.3, 0.4) is 0 Å². The lowest BCUT2D eigenvalue weighted by molar-refractivity contribution is -0.384. The molecular weight excluding hydrogens is 325 g/mol. The third-order valence-electron chi connectivity index (χ3n) is 3.94. The lowest BCUT2D eigenvalue weighted by Gasteiger charge is -2.24. The Morgan fingerprint density at radius 3 is 2.59 bits per heavy atom. The second-order valence-corrected chi connectivity index (χ2v) is 6.01. The number of rotatable bonds is 2. The molecule has 3 rings (SSSR count). The first kappa shape index (κ1) is 15.0. The quantitative estimate of drug-likeness (QED) is 0.584. The number of nitro groups is 1. The van der Waals surface area contributed by atoms with Crippen molar-refractivity contribution in [2.45, 2.75) is 18.8 Å². The second-order valence-electron chi connectivity index (χ2n) is 5.19. The van der Waals surface area contributed by atoms with Crippen LogP contribution >= 0.6 is 23.2 Å². The topological polar surface area (TPSA) is 60.2 Å². The van der Waals surface area contributed by atoms with Gasteiger partial charge in [0, 0.05) is 17.5 Å². The molecule has 0 saturated carbocycles. The Labute approximate surface area is 136 Å². The van der Waals surface area contributed by atoms with Crippen molar-refractivity contribution in [1.29, 1.82) is 0 Å². The van der Waals surface area contributed by atoms with Gasteiger partial charge in [0.2, 0.25) is 0 Å². The van der Waals surface area contributed by atoms with Crippen LogP contribution in [0.15, 0.2) is 36.4 Å². The highest BCUT2D eigenvalue weighted by Gasteiger charge is 2.31. The zero-order valence-electron chi connectivity index (χ0n) is 11.4. The van der Waals surface area contributed by atoms with E-state index >= 15 is 0 Å². The summed E-state index contributed by atoms with van der Waals surface area (Å²) in [6.45, 7) is 0. The molecule has 0 bridgehead atoms. The van der Waals surface area contributed by atoms with Gasteiger partial charge in [0.25, 0.3) is 5.69 Å². The molecule has 6 heteroatoms. The zero-order chi connectivity index (χ0) is 15.9. The maximum atomic E-state index is 12.7. The molecule has 1 aliphatic rings. The van der Waals surface area contributed by atoms with Gasteiger partial charge in [-0.2, -0.15) is 0 Å². The predicted molar refractivity (Wildman–Crippen MR) is 85.0 cm³/mol. The van der Waals surface area contributed by atoms with E-state index in [9.17, 15) is 14.9 Å². The van der Waals surface area contributed by atoms with Crippen molar-refractivity contribution in [3.63, 3.8) is 0 Å². The minimum absolute atomic E-state index is 0.00365. The lowest BCUT2D eigenvalue weighted by atomic mass is 9.79. The number of nitrogens with zero attached hydrogens (tertiary/aromatic N) is 1. The number of fused-ring (bicyclic) bond motifs is 1. The highest BCUT2D eigenvalue weighted by molar-refractivity contribution is 6.35. The summed E-state index contributed by atoms with van der Waals surface area (Å²) in [5.74, 6) is -0.436. The average molecular weight is 336 g/mol. The fourth-order valence-corrected chi connectivity index (χ4v) is 3.38. The van der Waals surface area contributed by atoms with Crippen molar-refractivity contribution in [2.24, 2.45) is 0 Å². The number of Topliss-reactive ketones (excluding diaryl/α,β-unsaturated/α-hetero) is 1. The van der Waals surface area contributed by atoms with Crippen LogP contribution in [0.2, 0.25) is 10.0 Å². The van der Waals surface area contributed by atoms with Gasteiger partial charge in [-0.25, -0.2) is 0 Å². The standard InChI is InChI=1S/C16H11Cl2NO3/c17-13-8-15(19(21)22)14(18)7-12(13)11-6-5-9-3-1-2-4-10(9)16(11)20/h1-4,7-8,11H,5-6H2/t11-/m0/s1.